The van der Waals surface area contributed by atoms with Crippen LogP contribution in [0.2, 0.25) is 5.02 Å². The molecule has 1 aromatic rings. The molecule has 1 aliphatic rings. The maximum absolute atomic E-state index is 11.9. The van der Waals surface area contributed by atoms with Crippen molar-refractivity contribution in [2.24, 2.45) is 5.92 Å². The second-order valence-corrected chi connectivity index (χ2v) is 6.24. The minimum absolute atomic E-state index is 0.0733. The van der Waals surface area contributed by atoms with Crippen LogP contribution in [-0.2, 0) is 11.3 Å². The van der Waals surface area contributed by atoms with E-state index in [9.17, 15) is 4.79 Å². The molecule has 1 aliphatic heterocycles. The van der Waals surface area contributed by atoms with Crippen LogP contribution < -0.4 is 14.8 Å². The SMILES string of the molecule is CCCC(C)CC(=O)NCc1cc(Cl)c2c(c1)OCCCO2. The second-order valence-electron chi connectivity index (χ2n) is 5.83. The van der Waals surface area contributed by atoms with Gasteiger partial charge in [0.1, 0.15) is 0 Å². The Labute approximate surface area is 137 Å². The van der Waals surface area contributed by atoms with Crippen LogP contribution in [0.3, 0.4) is 0 Å². The molecular formula is C17H24ClNO3. The zero-order valence-electron chi connectivity index (χ0n) is 13.3. The predicted molar refractivity (Wildman–Crippen MR) is 87.6 cm³/mol. The van der Waals surface area contributed by atoms with Gasteiger partial charge in [0.15, 0.2) is 11.5 Å². The van der Waals surface area contributed by atoms with Crippen molar-refractivity contribution in [3.8, 4) is 11.5 Å². The van der Waals surface area contributed by atoms with E-state index in [0.717, 1.165) is 24.8 Å². The zero-order valence-corrected chi connectivity index (χ0v) is 14.0. The summed E-state index contributed by atoms with van der Waals surface area (Å²) in [5, 5.41) is 3.47. The average molecular weight is 326 g/mol. The van der Waals surface area contributed by atoms with Crippen LogP contribution in [0.1, 0.15) is 45.1 Å². The number of carbonyl (C=O) groups is 1. The molecule has 4 nitrogen and oxygen atoms in total. The molecule has 5 heteroatoms. The Morgan fingerprint density at radius 1 is 1.36 bits per heavy atom. The fourth-order valence-electron chi connectivity index (χ4n) is 2.57. The number of hydrogen-bond acceptors (Lipinski definition) is 3. The Morgan fingerprint density at radius 3 is 2.91 bits per heavy atom. The number of amides is 1. The van der Waals surface area contributed by atoms with Crippen molar-refractivity contribution in [3.05, 3.63) is 22.7 Å². The summed E-state index contributed by atoms with van der Waals surface area (Å²) >= 11 is 6.24. The highest BCUT2D eigenvalue weighted by Gasteiger charge is 2.16. The van der Waals surface area contributed by atoms with Gasteiger partial charge in [-0.25, -0.2) is 0 Å². The van der Waals surface area contributed by atoms with E-state index in [0.29, 0.717) is 48.6 Å². The molecule has 0 aromatic heterocycles. The van der Waals surface area contributed by atoms with Gasteiger partial charge in [0.05, 0.1) is 18.2 Å². The third kappa shape index (κ3) is 4.80. The molecular weight excluding hydrogens is 302 g/mol. The van der Waals surface area contributed by atoms with E-state index >= 15 is 0 Å². The number of hydrogen-bond donors (Lipinski definition) is 1. The lowest BCUT2D eigenvalue weighted by Gasteiger charge is -2.13. The number of halogens is 1. The van der Waals surface area contributed by atoms with Gasteiger partial charge >= 0.3 is 0 Å². The highest BCUT2D eigenvalue weighted by Crippen LogP contribution is 2.37. The molecule has 1 unspecified atom stereocenters. The first-order valence-corrected chi connectivity index (χ1v) is 8.32. The highest BCUT2D eigenvalue weighted by molar-refractivity contribution is 6.32. The Kier molecular flexibility index (Phi) is 6.37. The van der Waals surface area contributed by atoms with Crippen molar-refractivity contribution in [2.45, 2.75) is 46.1 Å². The Balaban J connectivity index is 1.94. The lowest BCUT2D eigenvalue weighted by atomic mass is 10.0. The monoisotopic (exact) mass is 325 g/mol. The Morgan fingerprint density at radius 2 is 2.14 bits per heavy atom. The molecule has 1 atom stereocenters. The molecule has 0 saturated carbocycles. The molecule has 0 fully saturated rings. The lowest BCUT2D eigenvalue weighted by Crippen LogP contribution is -2.24. The molecule has 1 aromatic carbocycles. The van der Waals surface area contributed by atoms with Gasteiger partial charge in [-0.1, -0.05) is 38.3 Å². The summed E-state index contributed by atoms with van der Waals surface area (Å²) in [6.07, 6.45) is 3.58. The summed E-state index contributed by atoms with van der Waals surface area (Å²) in [4.78, 5) is 11.9. The smallest absolute Gasteiger partial charge is 0.220 e. The van der Waals surface area contributed by atoms with E-state index in [4.69, 9.17) is 21.1 Å². The molecule has 1 heterocycles. The minimum Gasteiger partial charge on any atom is -0.489 e. The summed E-state index contributed by atoms with van der Waals surface area (Å²) in [5.74, 6) is 1.75. The summed E-state index contributed by atoms with van der Waals surface area (Å²) in [7, 11) is 0. The number of ether oxygens (including phenoxy) is 2. The maximum atomic E-state index is 11.9. The van der Waals surface area contributed by atoms with E-state index < -0.39 is 0 Å². The fraction of sp³-hybridized carbons (Fsp3) is 0.588. The van der Waals surface area contributed by atoms with Gasteiger partial charge in [-0.3, -0.25) is 4.79 Å². The van der Waals surface area contributed by atoms with Crippen LogP contribution in [0.5, 0.6) is 11.5 Å². The quantitative estimate of drug-likeness (QED) is 0.861. The first-order valence-electron chi connectivity index (χ1n) is 7.95. The maximum Gasteiger partial charge on any atom is 0.220 e. The van der Waals surface area contributed by atoms with Gasteiger partial charge in [0, 0.05) is 19.4 Å². The first kappa shape index (κ1) is 16.9. The van der Waals surface area contributed by atoms with Crippen LogP contribution in [0.15, 0.2) is 12.1 Å². The van der Waals surface area contributed by atoms with Crippen molar-refractivity contribution >= 4 is 17.5 Å². The van der Waals surface area contributed by atoms with Gasteiger partial charge < -0.3 is 14.8 Å². The molecule has 0 spiro atoms. The fourth-order valence-corrected chi connectivity index (χ4v) is 2.86. The molecule has 1 N–H and O–H groups in total. The van der Waals surface area contributed by atoms with E-state index in [-0.39, 0.29) is 5.91 Å². The van der Waals surface area contributed by atoms with Crippen LogP contribution in [0.4, 0.5) is 0 Å². The first-order chi connectivity index (χ1) is 10.6. The van der Waals surface area contributed by atoms with E-state index in [1.165, 1.54) is 0 Å². The van der Waals surface area contributed by atoms with Gasteiger partial charge in [-0.2, -0.15) is 0 Å². The van der Waals surface area contributed by atoms with Crippen molar-refractivity contribution < 1.29 is 14.3 Å². The van der Waals surface area contributed by atoms with E-state index in [1.54, 1.807) is 0 Å². The molecule has 1 amide bonds. The van der Waals surface area contributed by atoms with Crippen LogP contribution >= 0.6 is 11.6 Å². The molecule has 0 bridgehead atoms. The van der Waals surface area contributed by atoms with Crippen molar-refractivity contribution in [1.82, 2.24) is 5.32 Å². The van der Waals surface area contributed by atoms with Crippen molar-refractivity contribution in [3.63, 3.8) is 0 Å². The molecule has 2 rings (SSSR count). The molecule has 0 saturated heterocycles. The number of nitrogens with one attached hydrogen (secondary N) is 1. The van der Waals surface area contributed by atoms with Crippen molar-refractivity contribution in [2.75, 3.05) is 13.2 Å². The number of fused-ring (bicyclic) bond motifs is 1. The van der Waals surface area contributed by atoms with E-state index in [1.807, 2.05) is 12.1 Å². The van der Waals surface area contributed by atoms with Gasteiger partial charge in [-0.15, -0.1) is 0 Å². The predicted octanol–water partition coefficient (Wildman–Crippen LogP) is 3.94. The highest BCUT2D eigenvalue weighted by atomic mass is 35.5. The van der Waals surface area contributed by atoms with Gasteiger partial charge in [-0.05, 0) is 23.6 Å². The largest absolute Gasteiger partial charge is 0.489 e. The zero-order chi connectivity index (χ0) is 15.9. The molecule has 0 aliphatic carbocycles. The second kappa shape index (κ2) is 8.28. The summed E-state index contributed by atoms with van der Waals surface area (Å²) in [5.41, 5.74) is 0.922. The molecule has 0 radical (unpaired) electrons. The minimum atomic E-state index is 0.0733. The number of carbonyl (C=O) groups excluding carboxylic acids is 1. The molecule has 22 heavy (non-hydrogen) atoms. The standard InChI is InChI=1S/C17H24ClNO3/c1-3-5-12(2)8-16(20)19-11-13-9-14(18)17-15(10-13)21-6-4-7-22-17/h9-10,12H,3-8,11H2,1-2H3,(H,19,20). The van der Waals surface area contributed by atoms with Crippen LogP contribution in [0.25, 0.3) is 0 Å². The lowest BCUT2D eigenvalue weighted by molar-refractivity contribution is -0.122. The summed E-state index contributed by atoms with van der Waals surface area (Å²) < 4.78 is 11.2. The summed E-state index contributed by atoms with van der Waals surface area (Å²) in [6, 6.07) is 3.72. The third-order valence-electron chi connectivity index (χ3n) is 3.67. The van der Waals surface area contributed by atoms with Gasteiger partial charge in [0.25, 0.3) is 0 Å². The van der Waals surface area contributed by atoms with Crippen molar-refractivity contribution in [1.29, 1.82) is 0 Å². The van der Waals surface area contributed by atoms with Crippen LogP contribution in [-0.4, -0.2) is 19.1 Å². The Hall–Kier alpha value is -1.42. The number of benzene rings is 1. The third-order valence-corrected chi connectivity index (χ3v) is 3.95. The normalized spacial score (nSPS) is 15.0. The topological polar surface area (TPSA) is 47.6 Å². The number of rotatable bonds is 6. The Bertz CT molecular complexity index is 519. The average Bonchev–Trinajstić information content (AvgIpc) is 2.71. The van der Waals surface area contributed by atoms with E-state index in [2.05, 4.69) is 19.2 Å². The summed E-state index contributed by atoms with van der Waals surface area (Å²) in [6.45, 7) is 5.92. The molecule has 122 valence electrons. The van der Waals surface area contributed by atoms with Gasteiger partial charge in [0.2, 0.25) is 5.91 Å². The van der Waals surface area contributed by atoms with Crippen LogP contribution in [0, 0.1) is 5.92 Å².